The van der Waals surface area contributed by atoms with E-state index in [1.165, 1.54) is 24.1 Å². The zero-order valence-electron chi connectivity index (χ0n) is 36.3. The molecule has 13 nitrogen and oxygen atoms in total. The molecule has 62 heavy (non-hydrogen) atoms. The third kappa shape index (κ3) is 11.8. The largest absolute Gasteiger partial charge is 0.477 e. The molecule has 6 rings (SSSR count). The minimum atomic E-state index is -3.53. The number of hydrogen-bond acceptors (Lipinski definition) is 11. The Balaban J connectivity index is 1.17. The van der Waals surface area contributed by atoms with Gasteiger partial charge in [-0.05, 0) is 65.0 Å². The van der Waals surface area contributed by atoms with Crippen LogP contribution in [0.15, 0.2) is 59.4 Å². The number of alkyl halides is 2. The summed E-state index contributed by atoms with van der Waals surface area (Å²) in [5.41, 5.74) is -0.856. The molecule has 1 amide bonds. The lowest BCUT2D eigenvalue weighted by atomic mass is 9.85. The summed E-state index contributed by atoms with van der Waals surface area (Å²) in [5, 5.41) is 8.08. The number of amides is 1. The third-order valence-electron chi connectivity index (χ3n) is 11.3. The van der Waals surface area contributed by atoms with E-state index < -0.39 is 56.4 Å². The number of benzene rings is 2. The van der Waals surface area contributed by atoms with Crippen molar-refractivity contribution in [1.82, 2.24) is 19.7 Å². The first-order chi connectivity index (χ1) is 29.4. The molecule has 0 bridgehead atoms. The van der Waals surface area contributed by atoms with Crippen molar-refractivity contribution in [2.75, 3.05) is 61.1 Å². The average Bonchev–Trinajstić information content (AvgIpc) is 3.23. The standard InChI is InChI=1S/C45H59F3N6O7S/c1-31(34-17-14-18-36(39(34)46)45(47,48)33-19-21-54(22-20-33)43(56)61-44(2,3)4)49-40-35-29-37(53-23-27-62(57,58)28-24-53)50-41(38(35)42(55)52(5)51-40)60-26-13-8-6-7-12-25-59-30-32-15-10-9-11-16-32/h9-11,14-18,29,31,33H,6-8,12-13,19-28,30H2,1-5H3,(H,49,51)/t31-/m1/s1. The van der Waals surface area contributed by atoms with Gasteiger partial charge in [-0.3, -0.25) is 4.79 Å². The van der Waals surface area contributed by atoms with Gasteiger partial charge in [0, 0.05) is 56.7 Å². The van der Waals surface area contributed by atoms with Gasteiger partial charge in [0.2, 0.25) is 5.88 Å². The van der Waals surface area contributed by atoms with Crippen LogP contribution < -0.4 is 20.5 Å². The van der Waals surface area contributed by atoms with Crippen molar-refractivity contribution >= 4 is 38.3 Å². The second-order valence-electron chi connectivity index (χ2n) is 17.2. The summed E-state index contributed by atoms with van der Waals surface area (Å²) in [6.07, 6.45) is 3.80. The average molecular weight is 885 g/mol. The van der Waals surface area contributed by atoms with Crippen molar-refractivity contribution in [2.45, 2.75) is 96.8 Å². The molecular weight excluding hydrogens is 826 g/mol. The van der Waals surface area contributed by atoms with E-state index in [1.54, 1.807) is 38.7 Å². The predicted molar refractivity (Wildman–Crippen MR) is 233 cm³/mol. The second-order valence-corrected chi connectivity index (χ2v) is 19.5. The van der Waals surface area contributed by atoms with Crippen LogP contribution in [0.25, 0.3) is 10.8 Å². The molecule has 0 unspecified atom stereocenters. The summed E-state index contributed by atoms with van der Waals surface area (Å²) in [6, 6.07) is 14.7. The van der Waals surface area contributed by atoms with E-state index in [0.717, 1.165) is 42.0 Å². The second kappa shape index (κ2) is 20.1. The van der Waals surface area contributed by atoms with E-state index in [4.69, 9.17) is 19.2 Å². The molecule has 4 aromatic rings. The minimum absolute atomic E-state index is 0.0353. The van der Waals surface area contributed by atoms with Crippen LogP contribution in [-0.2, 0) is 38.9 Å². The van der Waals surface area contributed by atoms with Gasteiger partial charge in [0.15, 0.2) is 15.7 Å². The number of hydrogen-bond donors (Lipinski definition) is 1. The van der Waals surface area contributed by atoms with Gasteiger partial charge < -0.3 is 29.3 Å². The molecule has 2 aromatic carbocycles. The first kappa shape index (κ1) is 46.6. The Bertz CT molecular complexity index is 2320. The Morgan fingerprint density at radius 3 is 2.27 bits per heavy atom. The summed E-state index contributed by atoms with van der Waals surface area (Å²) in [5.74, 6) is -5.34. The number of pyridine rings is 1. The zero-order valence-corrected chi connectivity index (χ0v) is 37.1. The quantitative estimate of drug-likeness (QED) is 0.103. The number of rotatable bonds is 17. The van der Waals surface area contributed by atoms with E-state index >= 15 is 13.2 Å². The van der Waals surface area contributed by atoms with Gasteiger partial charge in [-0.15, -0.1) is 0 Å². The van der Waals surface area contributed by atoms with Gasteiger partial charge in [-0.1, -0.05) is 67.8 Å². The Morgan fingerprint density at radius 2 is 1.60 bits per heavy atom. The maximum atomic E-state index is 16.4. The number of likely N-dealkylation sites (tertiary alicyclic amines) is 1. The number of halogens is 3. The fourth-order valence-electron chi connectivity index (χ4n) is 7.79. The molecule has 0 saturated carbocycles. The number of anilines is 2. The third-order valence-corrected chi connectivity index (χ3v) is 12.9. The molecule has 1 N–H and O–H groups in total. The lowest BCUT2D eigenvalue weighted by Gasteiger charge is -2.37. The van der Waals surface area contributed by atoms with Crippen molar-refractivity contribution in [3.63, 3.8) is 0 Å². The van der Waals surface area contributed by atoms with Crippen molar-refractivity contribution in [1.29, 1.82) is 0 Å². The highest BCUT2D eigenvalue weighted by Crippen LogP contribution is 2.44. The van der Waals surface area contributed by atoms with Crippen LogP contribution in [0.2, 0.25) is 0 Å². The zero-order chi connectivity index (χ0) is 44.7. The molecule has 338 valence electrons. The van der Waals surface area contributed by atoms with E-state index in [9.17, 15) is 18.0 Å². The molecule has 1 atom stereocenters. The number of carbonyl (C=O) groups is 1. The predicted octanol–water partition coefficient (Wildman–Crippen LogP) is 8.16. The van der Waals surface area contributed by atoms with Crippen LogP contribution in [0.3, 0.4) is 0 Å². The minimum Gasteiger partial charge on any atom is -0.477 e. The van der Waals surface area contributed by atoms with Gasteiger partial charge in [0.1, 0.15) is 22.6 Å². The molecule has 0 spiro atoms. The number of aryl methyl sites for hydroxylation is 1. The van der Waals surface area contributed by atoms with Crippen LogP contribution in [0.5, 0.6) is 5.88 Å². The molecule has 0 radical (unpaired) electrons. The summed E-state index contributed by atoms with van der Waals surface area (Å²) in [4.78, 5) is 34.2. The molecule has 0 aliphatic carbocycles. The van der Waals surface area contributed by atoms with Gasteiger partial charge in [-0.2, -0.15) is 10.1 Å². The summed E-state index contributed by atoms with van der Waals surface area (Å²) < 4.78 is 91.8. The number of unbranched alkanes of at least 4 members (excludes halogenated alkanes) is 4. The monoisotopic (exact) mass is 884 g/mol. The van der Waals surface area contributed by atoms with Crippen molar-refractivity contribution < 1.29 is 40.6 Å². The van der Waals surface area contributed by atoms with Crippen molar-refractivity contribution in [3.8, 4) is 5.88 Å². The topological polar surface area (TPSA) is 145 Å². The van der Waals surface area contributed by atoms with Gasteiger partial charge >= 0.3 is 6.09 Å². The highest BCUT2D eigenvalue weighted by Gasteiger charge is 2.46. The SMILES string of the molecule is C[C@@H](Nc1nn(C)c(=O)c2c(OCCCCCCCOCc3ccccc3)nc(N3CCS(=O)(=O)CC3)cc12)c1cccc(C(F)(F)C2CCN(C(=O)OC(C)(C)C)CC2)c1F. The fourth-order valence-corrected chi connectivity index (χ4v) is 8.99. The Kier molecular flexibility index (Phi) is 15.1. The number of nitrogens with zero attached hydrogens (tertiary/aromatic N) is 5. The van der Waals surface area contributed by atoms with E-state index in [-0.39, 0.29) is 79.8 Å². The normalized spacial score (nSPS) is 16.6. The van der Waals surface area contributed by atoms with Crippen LogP contribution in [0.4, 0.5) is 29.6 Å². The van der Waals surface area contributed by atoms with Gasteiger partial charge in [0.25, 0.3) is 11.5 Å². The van der Waals surface area contributed by atoms with E-state index in [2.05, 4.69) is 10.4 Å². The summed E-state index contributed by atoms with van der Waals surface area (Å²) in [6.45, 7) is 8.80. The van der Waals surface area contributed by atoms with Crippen LogP contribution in [0.1, 0.15) is 95.4 Å². The molecule has 2 aliphatic heterocycles. The smallest absolute Gasteiger partial charge is 0.410 e. The Labute approximate surface area is 361 Å². The fraction of sp³-hybridized carbons (Fsp3) is 0.556. The van der Waals surface area contributed by atoms with Crippen molar-refractivity contribution in [3.05, 3.63) is 87.5 Å². The summed E-state index contributed by atoms with van der Waals surface area (Å²) >= 11 is 0. The maximum Gasteiger partial charge on any atom is 0.410 e. The molecule has 2 aliphatic rings. The van der Waals surface area contributed by atoms with Crippen LogP contribution >= 0.6 is 0 Å². The molecular formula is C45H59F3N6O7S. The lowest BCUT2D eigenvalue weighted by Crippen LogP contribution is -2.44. The highest BCUT2D eigenvalue weighted by molar-refractivity contribution is 7.91. The van der Waals surface area contributed by atoms with Crippen LogP contribution in [-0.4, -0.2) is 90.7 Å². The summed E-state index contributed by atoms with van der Waals surface area (Å²) in [7, 11) is -1.76. The number of piperidine rings is 1. The lowest BCUT2D eigenvalue weighted by molar-refractivity contribution is -0.0885. The number of sulfone groups is 1. The van der Waals surface area contributed by atoms with E-state index in [0.29, 0.717) is 30.8 Å². The number of aromatic nitrogens is 3. The molecule has 2 fully saturated rings. The Hall–Kier alpha value is -4.90. The first-order valence-corrected chi connectivity index (χ1v) is 23.3. The number of nitrogens with one attached hydrogen (secondary N) is 1. The molecule has 2 aromatic heterocycles. The molecule has 2 saturated heterocycles. The van der Waals surface area contributed by atoms with Gasteiger partial charge in [0.05, 0.1) is 36.3 Å². The molecule has 4 heterocycles. The molecule has 17 heteroatoms. The maximum absolute atomic E-state index is 16.4. The first-order valence-electron chi connectivity index (χ1n) is 21.5. The van der Waals surface area contributed by atoms with E-state index in [1.807, 2.05) is 30.3 Å². The number of fused-ring (bicyclic) bond motifs is 1. The number of carbonyl (C=O) groups excluding carboxylic acids is 1. The number of ether oxygens (including phenoxy) is 3. The van der Waals surface area contributed by atoms with Gasteiger partial charge in [-0.25, -0.2) is 31.1 Å². The Morgan fingerprint density at radius 1 is 0.935 bits per heavy atom. The van der Waals surface area contributed by atoms with Crippen molar-refractivity contribution in [2.24, 2.45) is 13.0 Å². The van der Waals surface area contributed by atoms with Crippen LogP contribution in [0, 0.1) is 11.7 Å². The highest BCUT2D eigenvalue weighted by atomic mass is 32.2.